The monoisotopic (exact) mass is 296 g/mol. The number of halogens is 4. The van der Waals surface area contributed by atoms with Gasteiger partial charge in [-0.1, -0.05) is 0 Å². The van der Waals surface area contributed by atoms with Gasteiger partial charge in [0.1, 0.15) is 11.0 Å². The second-order valence-electron chi connectivity index (χ2n) is 3.11. The van der Waals surface area contributed by atoms with E-state index in [-0.39, 0.29) is 5.69 Å². The summed E-state index contributed by atoms with van der Waals surface area (Å²) in [6.07, 6.45) is -6.00. The number of pyridine rings is 1. The fourth-order valence-corrected chi connectivity index (χ4v) is 1.44. The Morgan fingerprint density at radius 3 is 2.62 bits per heavy atom. The number of aromatic nitrogens is 1. The van der Waals surface area contributed by atoms with Crippen LogP contribution in [-0.4, -0.2) is 17.1 Å². The van der Waals surface area contributed by atoms with Crippen LogP contribution in [0.1, 0.15) is 12.1 Å². The Morgan fingerprint density at radius 1 is 1.50 bits per heavy atom. The first kappa shape index (κ1) is 13.0. The van der Waals surface area contributed by atoms with E-state index in [0.717, 1.165) is 0 Å². The number of aryl methyl sites for hydroxylation is 1. The maximum absolute atomic E-state index is 11.9. The number of rotatable bonds is 2. The van der Waals surface area contributed by atoms with E-state index in [1.54, 1.807) is 6.92 Å². The molecule has 0 radical (unpaired) electrons. The van der Waals surface area contributed by atoms with E-state index in [4.69, 9.17) is 0 Å². The maximum atomic E-state index is 11.9. The van der Waals surface area contributed by atoms with Gasteiger partial charge in [-0.2, -0.15) is 13.2 Å². The highest BCUT2D eigenvalue weighted by atomic mass is 79.9. The molecule has 1 aromatic rings. The fraction of sp³-hybridized carbons (Fsp3) is 0.333. The van der Waals surface area contributed by atoms with Gasteiger partial charge in [0.2, 0.25) is 5.91 Å². The number of nitrogens with zero attached hydrogens (tertiary/aromatic N) is 1. The second-order valence-corrected chi connectivity index (χ2v) is 3.92. The molecule has 0 saturated carbocycles. The molecular formula is C9H8BrF3N2O. The Hall–Kier alpha value is -1.11. The Labute approximate surface area is 98.2 Å². The molecule has 1 N–H and O–H groups in total. The van der Waals surface area contributed by atoms with Crippen LogP contribution in [0.5, 0.6) is 0 Å². The van der Waals surface area contributed by atoms with Crippen LogP contribution >= 0.6 is 15.9 Å². The molecule has 1 amide bonds. The molecule has 16 heavy (non-hydrogen) atoms. The summed E-state index contributed by atoms with van der Waals surface area (Å²) in [5.41, 5.74) is 0.724. The van der Waals surface area contributed by atoms with Gasteiger partial charge in [0, 0.05) is 0 Å². The molecule has 0 aromatic carbocycles. The SMILES string of the molecule is Cc1nc(Br)ccc1NC(=O)CC(F)(F)F. The lowest BCUT2D eigenvalue weighted by Gasteiger charge is -2.09. The van der Waals surface area contributed by atoms with Crippen molar-refractivity contribution in [2.24, 2.45) is 0 Å². The summed E-state index contributed by atoms with van der Waals surface area (Å²) in [5, 5.41) is 2.15. The molecule has 88 valence electrons. The maximum Gasteiger partial charge on any atom is 0.397 e. The fourth-order valence-electron chi connectivity index (χ4n) is 1.04. The van der Waals surface area contributed by atoms with E-state index < -0.39 is 18.5 Å². The molecule has 1 heterocycles. The van der Waals surface area contributed by atoms with Gasteiger partial charge in [-0.05, 0) is 35.0 Å². The van der Waals surface area contributed by atoms with Crippen molar-refractivity contribution >= 4 is 27.5 Å². The highest BCUT2D eigenvalue weighted by Crippen LogP contribution is 2.21. The summed E-state index contributed by atoms with van der Waals surface area (Å²) >= 11 is 3.11. The summed E-state index contributed by atoms with van der Waals surface area (Å²) in [5.74, 6) is -1.10. The minimum Gasteiger partial charge on any atom is -0.324 e. The third-order valence-corrected chi connectivity index (χ3v) is 2.13. The van der Waals surface area contributed by atoms with Crippen molar-refractivity contribution in [3.05, 3.63) is 22.4 Å². The van der Waals surface area contributed by atoms with Crippen molar-refractivity contribution in [1.82, 2.24) is 4.98 Å². The largest absolute Gasteiger partial charge is 0.397 e. The molecule has 0 aliphatic carbocycles. The molecule has 0 bridgehead atoms. The molecule has 1 aromatic heterocycles. The summed E-state index contributed by atoms with van der Waals surface area (Å²) in [4.78, 5) is 14.9. The number of hydrogen-bond donors (Lipinski definition) is 1. The first-order chi connectivity index (χ1) is 7.28. The molecule has 0 unspecified atom stereocenters. The molecule has 3 nitrogen and oxygen atoms in total. The van der Waals surface area contributed by atoms with Crippen LogP contribution in [0.3, 0.4) is 0 Å². The lowest BCUT2D eigenvalue weighted by atomic mass is 10.3. The predicted octanol–water partition coefficient (Wildman–Crippen LogP) is 3.04. The Balaban J connectivity index is 2.70. The molecular weight excluding hydrogens is 289 g/mol. The van der Waals surface area contributed by atoms with Crippen molar-refractivity contribution in [3.63, 3.8) is 0 Å². The molecule has 1 rings (SSSR count). The van der Waals surface area contributed by atoms with E-state index in [1.807, 2.05) is 0 Å². The highest BCUT2D eigenvalue weighted by molar-refractivity contribution is 9.10. The van der Waals surface area contributed by atoms with Gasteiger partial charge in [0.15, 0.2) is 0 Å². The zero-order valence-electron chi connectivity index (χ0n) is 8.23. The number of hydrogen-bond acceptors (Lipinski definition) is 2. The third kappa shape index (κ3) is 4.18. The van der Waals surface area contributed by atoms with Crippen molar-refractivity contribution in [2.75, 3.05) is 5.32 Å². The Morgan fingerprint density at radius 2 is 2.12 bits per heavy atom. The second kappa shape index (κ2) is 4.82. The van der Waals surface area contributed by atoms with E-state index >= 15 is 0 Å². The zero-order valence-corrected chi connectivity index (χ0v) is 9.82. The van der Waals surface area contributed by atoms with Gasteiger partial charge in [-0.25, -0.2) is 4.98 Å². The number of anilines is 1. The quantitative estimate of drug-likeness (QED) is 0.853. The molecule has 0 aliphatic heterocycles. The number of amides is 1. The first-order valence-corrected chi connectivity index (χ1v) is 5.07. The summed E-state index contributed by atoms with van der Waals surface area (Å²) < 4.78 is 36.2. The minimum absolute atomic E-state index is 0.275. The summed E-state index contributed by atoms with van der Waals surface area (Å²) in [7, 11) is 0. The van der Waals surface area contributed by atoms with Crippen molar-refractivity contribution < 1.29 is 18.0 Å². The molecule has 0 atom stereocenters. The smallest absolute Gasteiger partial charge is 0.324 e. The first-order valence-electron chi connectivity index (χ1n) is 4.28. The number of nitrogens with one attached hydrogen (secondary N) is 1. The van der Waals surface area contributed by atoms with Crippen molar-refractivity contribution in [2.45, 2.75) is 19.5 Å². The summed E-state index contributed by atoms with van der Waals surface area (Å²) in [6.45, 7) is 1.59. The molecule has 0 saturated heterocycles. The Kier molecular flexibility index (Phi) is 3.90. The molecule has 0 spiro atoms. The number of carbonyl (C=O) groups excluding carboxylic acids is 1. The zero-order chi connectivity index (χ0) is 12.3. The molecule has 7 heteroatoms. The van der Waals surface area contributed by atoms with Gasteiger partial charge < -0.3 is 5.32 Å². The number of carbonyl (C=O) groups is 1. The van der Waals surface area contributed by atoms with Crippen LogP contribution in [0.15, 0.2) is 16.7 Å². The van der Waals surface area contributed by atoms with E-state index in [1.165, 1.54) is 12.1 Å². The third-order valence-electron chi connectivity index (χ3n) is 1.69. The number of alkyl halides is 3. The Bertz CT molecular complexity index is 406. The lowest BCUT2D eigenvalue weighted by molar-refractivity contribution is -0.150. The standard InChI is InChI=1S/C9H8BrF3N2O/c1-5-6(2-3-7(10)14-5)15-8(16)4-9(11,12)13/h2-3H,4H2,1H3,(H,15,16). The van der Waals surface area contributed by atoms with Crippen LogP contribution in [-0.2, 0) is 4.79 Å². The lowest BCUT2D eigenvalue weighted by Crippen LogP contribution is -2.21. The minimum atomic E-state index is -4.50. The highest BCUT2D eigenvalue weighted by Gasteiger charge is 2.31. The van der Waals surface area contributed by atoms with Crippen LogP contribution in [0.25, 0.3) is 0 Å². The van der Waals surface area contributed by atoms with Crippen molar-refractivity contribution in [1.29, 1.82) is 0 Å². The van der Waals surface area contributed by atoms with Gasteiger partial charge in [0.05, 0.1) is 11.4 Å². The van der Waals surface area contributed by atoms with Gasteiger partial charge >= 0.3 is 6.18 Å². The normalized spacial score (nSPS) is 11.3. The van der Waals surface area contributed by atoms with E-state index in [0.29, 0.717) is 10.3 Å². The average Bonchev–Trinajstić information content (AvgIpc) is 2.06. The van der Waals surface area contributed by atoms with Gasteiger partial charge in [0.25, 0.3) is 0 Å². The van der Waals surface area contributed by atoms with Crippen LogP contribution in [0.4, 0.5) is 18.9 Å². The predicted molar refractivity (Wildman–Crippen MR) is 56.0 cm³/mol. The van der Waals surface area contributed by atoms with Crippen LogP contribution < -0.4 is 5.32 Å². The summed E-state index contributed by atoms with van der Waals surface area (Å²) in [6, 6.07) is 3.02. The van der Waals surface area contributed by atoms with Crippen LogP contribution in [0, 0.1) is 6.92 Å². The molecule has 0 aliphatic rings. The topological polar surface area (TPSA) is 42.0 Å². The van der Waals surface area contributed by atoms with E-state index in [9.17, 15) is 18.0 Å². The van der Waals surface area contributed by atoms with Crippen molar-refractivity contribution in [3.8, 4) is 0 Å². The van der Waals surface area contributed by atoms with Crippen LogP contribution in [0.2, 0.25) is 0 Å². The van der Waals surface area contributed by atoms with E-state index in [2.05, 4.69) is 26.2 Å². The average molecular weight is 297 g/mol. The van der Waals surface area contributed by atoms with Gasteiger partial charge in [-0.15, -0.1) is 0 Å². The molecule has 0 fully saturated rings. The van der Waals surface area contributed by atoms with Gasteiger partial charge in [-0.3, -0.25) is 4.79 Å².